The summed E-state index contributed by atoms with van der Waals surface area (Å²) in [5, 5.41) is 1.31. The molecular weight excluding hydrogens is 643 g/mol. The van der Waals surface area contributed by atoms with E-state index >= 15 is 0 Å². The summed E-state index contributed by atoms with van der Waals surface area (Å²) >= 11 is 0. The van der Waals surface area contributed by atoms with Gasteiger partial charge in [-0.2, -0.15) is 42.5 Å². The minimum absolute atomic E-state index is 0. The summed E-state index contributed by atoms with van der Waals surface area (Å²) in [6.07, 6.45) is 0.396. The number of aromatic nitrogens is 1. The van der Waals surface area contributed by atoms with Gasteiger partial charge in [-0.25, -0.2) is 11.1 Å². The largest absolute Gasteiger partial charge is 3.00 e. The number of hydrogen-bond acceptors (Lipinski definition) is 1. The van der Waals surface area contributed by atoms with Crippen LogP contribution >= 0.6 is 0 Å². The van der Waals surface area contributed by atoms with E-state index in [0.29, 0.717) is 16.7 Å². The Hall–Kier alpha value is -3.10. The molecule has 1 aromatic heterocycles. The topological polar surface area (TPSA) is 12.9 Å². The van der Waals surface area contributed by atoms with Gasteiger partial charge in [0.1, 0.15) is 0 Å². The molecule has 0 aliphatic carbocycles. The first kappa shape index (κ1) is 21.9. The van der Waals surface area contributed by atoms with Crippen molar-refractivity contribution in [2.75, 3.05) is 0 Å². The Morgan fingerprint density at radius 2 is 1.54 bits per heavy atom. The van der Waals surface area contributed by atoms with Gasteiger partial charge in [0.05, 0.1) is 8.07 Å². The molecule has 0 unspecified atom stereocenters. The van der Waals surface area contributed by atoms with Crippen LogP contribution in [0.15, 0.2) is 109 Å². The van der Waals surface area contributed by atoms with Crippen LogP contribution in [0.1, 0.15) is 23.5 Å². The molecule has 0 fully saturated rings. The summed E-state index contributed by atoms with van der Waals surface area (Å²) < 4.78 is 38.9. The van der Waals surface area contributed by atoms with Gasteiger partial charge in [0.2, 0.25) is 0 Å². The summed E-state index contributed by atoms with van der Waals surface area (Å²) in [6, 6.07) is 40.6. The number of pyridine rings is 1. The molecule has 3 heteroatoms. The third kappa shape index (κ3) is 8.47. The SMILES string of the molecule is [2H]C([2H])([2H])c1c[c-]c(-c2ccc([Si](C)(C)C)cn2)cc1.[2H]C([2H])(c1ccccc1)c1cc[c-]c(-c2[c-]cccc2)c1.[Ir+3]. The van der Waals surface area contributed by atoms with Crippen LogP contribution in [0.25, 0.3) is 22.4 Å². The molecule has 0 saturated heterocycles. The molecule has 0 N–H and O–H groups in total. The molecule has 0 atom stereocenters. The Morgan fingerprint density at radius 3 is 2.16 bits per heavy atom. The number of nitrogens with zero attached hydrogens (tertiary/aromatic N) is 1. The van der Waals surface area contributed by atoms with Crippen LogP contribution in [-0.2, 0) is 26.5 Å². The standard InChI is InChI=1S/C19H14.C15H18NSi.Ir/c1-3-8-16(9-4-1)14-17-10-7-13-19(15-17)18-11-5-2-6-12-18;1-12-5-7-13(8-6-12)15-10-9-14(11-16-15)17(2,3)4;/h1-11,15H,14H2;5-7,9-11H,1-4H3;/q-2;-1;+3/i14D2;1D3;. The van der Waals surface area contributed by atoms with Gasteiger partial charge in [0.25, 0.3) is 0 Å². The molecule has 5 rings (SSSR count). The normalized spacial score (nSPS) is 13.3. The average Bonchev–Trinajstić information content (AvgIpc) is 2.98. The summed E-state index contributed by atoms with van der Waals surface area (Å²) in [5.74, 6) is 0. The van der Waals surface area contributed by atoms with E-state index in [0.717, 1.165) is 22.4 Å². The van der Waals surface area contributed by atoms with Crippen LogP contribution in [0.2, 0.25) is 19.6 Å². The summed E-state index contributed by atoms with van der Waals surface area (Å²) in [7, 11) is -1.34. The van der Waals surface area contributed by atoms with E-state index in [2.05, 4.69) is 48.9 Å². The first-order valence-electron chi connectivity index (χ1n) is 14.4. The van der Waals surface area contributed by atoms with Crippen molar-refractivity contribution in [3.63, 3.8) is 0 Å². The molecule has 1 nitrogen and oxygen atoms in total. The minimum atomic E-state index is -2.08. The van der Waals surface area contributed by atoms with Crippen molar-refractivity contribution in [2.45, 2.75) is 32.9 Å². The molecule has 5 aromatic rings. The van der Waals surface area contributed by atoms with E-state index < -0.39 is 21.3 Å². The van der Waals surface area contributed by atoms with Crippen molar-refractivity contribution in [1.82, 2.24) is 4.98 Å². The third-order valence-corrected chi connectivity index (χ3v) is 7.61. The smallest absolute Gasteiger partial charge is 0.305 e. The zero-order chi connectivity index (χ0) is 29.7. The van der Waals surface area contributed by atoms with Crippen molar-refractivity contribution in [1.29, 1.82) is 0 Å². The maximum atomic E-state index is 8.41. The number of hydrogen-bond donors (Lipinski definition) is 0. The quantitative estimate of drug-likeness (QED) is 0.136. The van der Waals surface area contributed by atoms with Gasteiger partial charge in [-0.1, -0.05) is 69.0 Å². The zero-order valence-corrected chi connectivity index (χ0v) is 24.6. The molecule has 37 heavy (non-hydrogen) atoms. The van der Waals surface area contributed by atoms with Crippen LogP contribution in [0, 0.1) is 25.1 Å². The second-order valence-electron chi connectivity index (χ2n) is 9.43. The minimum Gasteiger partial charge on any atom is -0.305 e. The van der Waals surface area contributed by atoms with E-state index in [4.69, 9.17) is 6.85 Å². The predicted molar refractivity (Wildman–Crippen MR) is 155 cm³/mol. The zero-order valence-electron chi connectivity index (χ0n) is 26.2. The van der Waals surface area contributed by atoms with Crippen molar-refractivity contribution in [2.24, 2.45) is 0 Å². The van der Waals surface area contributed by atoms with Crippen molar-refractivity contribution in [3.8, 4) is 22.4 Å². The maximum absolute atomic E-state index is 8.41. The molecule has 186 valence electrons. The van der Waals surface area contributed by atoms with Gasteiger partial charge in [-0.15, -0.1) is 53.1 Å². The van der Waals surface area contributed by atoms with Gasteiger partial charge < -0.3 is 4.98 Å². The fourth-order valence-corrected chi connectivity index (χ4v) is 4.56. The first-order valence-corrected chi connectivity index (χ1v) is 15.4. The summed E-state index contributed by atoms with van der Waals surface area (Å²) in [4.78, 5) is 4.47. The monoisotopic (exact) mass is 680 g/mol. The van der Waals surface area contributed by atoms with Crippen molar-refractivity contribution in [3.05, 3.63) is 144 Å². The van der Waals surface area contributed by atoms with E-state index in [1.54, 1.807) is 24.3 Å². The fraction of sp³-hybridized carbons (Fsp3) is 0.147. The van der Waals surface area contributed by atoms with Crippen LogP contribution in [0.5, 0.6) is 0 Å². The van der Waals surface area contributed by atoms with Gasteiger partial charge in [-0.3, -0.25) is 0 Å². The predicted octanol–water partition coefficient (Wildman–Crippen LogP) is 7.94. The number of aryl methyl sites for hydroxylation is 1. The van der Waals surface area contributed by atoms with Gasteiger partial charge >= 0.3 is 20.1 Å². The maximum Gasteiger partial charge on any atom is 3.00 e. The Kier molecular flexibility index (Phi) is 7.97. The molecule has 0 amide bonds. The summed E-state index contributed by atoms with van der Waals surface area (Å²) in [5.41, 5.74) is 5.00. The Bertz CT molecular complexity index is 1490. The van der Waals surface area contributed by atoms with E-state index in [9.17, 15) is 0 Å². The molecular formula is C34H32IrNSi. The van der Waals surface area contributed by atoms with Gasteiger partial charge in [-0.05, 0) is 22.8 Å². The third-order valence-electron chi connectivity index (χ3n) is 5.58. The molecule has 0 radical (unpaired) electrons. The molecule has 0 spiro atoms. The second-order valence-corrected chi connectivity index (χ2v) is 14.5. The van der Waals surface area contributed by atoms with Crippen LogP contribution < -0.4 is 5.19 Å². The van der Waals surface area contributed by atoms with E-state index in [-0.39, 0.29) is 20.1 Å². The second kappa shape index (κ2) is 13.4. The Labute approximate surface area is 244 Å². The van der Waals surface area contributed by atoms with Crippen LogP contribution in [0.4, 0.5) is 0 Å². The van der Waals surface area contributed by atoms with Gasteiger partial charge in [0, 0.05) is 13.1 Å². The van der Waals surface area contributed by atoms with Crippen LogP contribution in [0.3, 0.4) is 0 Å². The fourth-order valence-electron chi connectivity index (χ4n) is 3.53. The van der Waals surface area contributed by atoms with Gasteiger partial charge in [0.15, 0.2) is 0 Å². The molecule has 4 aromatic carbocycles. The molecule has 0 saturated carbocycles. The Balaban J connectivity index is 0.000000225. The van der Waals surface area contributed by atoms with Crippen molar-refractivity contribution >= 4 is 13.3 Å². The Morgan fingerprint density at radius 1 is 0.757 bits per heavy atom. The molecule has 0 bridgehead atoms. The van der Waals surface area contributed by atoms with E-state index in [1.165, 1.54) is 11.3 Å². The van der Waals surface area contributed by atoms with Crippen molar-refractivity contribution < 1.29 is 27.0 Å². The first-order chi connectivity index (χ1) is 19.4. The van der Waals surface area contributed by atoms with E-state index in [1.807, 2.05) is 72.9 Å². The molecule has 1 heterocycles. The number of benzene rings is 4. The summed E-state index contributed by atoms with van der Waals surface area (Å²) in [6.45, 7) is 4.76. The number of rotatable bonds is 5. The van der Waals surface area contributed by atoms with Crippen LogP contribution in [-0.4, -0.2) is 13.1 Å². The average molecular weight is 680 g/mol. The molecule has 0 aliphatic heterocycles. The molecule has 0 aliphatic rings.